The van der Waals surface area contributed by atoms with Crippen molar-refractivity contribution in [1.82, 2.24) is 0 Å². The largest absolute Gasteiger partial charge is 0.508 e. The molecule has 12 heteroatoms. The number of rotatable bonds is 15. The molecule has 57 heavy (non-hydrogen) atoms. The number of aliphatic imine (C=N–C) groups is 4. The lowest BCUT2D eigenvalue weighted by molar-refractivity contribution is 0.390. The van der Waals surface area contributed by atoms with Gasteiger partial charge in [0.2, 0.25) is 0 Å². The first kappa shape index (κ1) is 43.7. The molecular formula is C45H58N6O6. The van der Waals surface area contributed by atoms with E-state index < -0.39 is 0 Å². The molecule has 0 bridgehead atoms. The Bertz CT molecular complexity index is 1940. The lowest BCUT2D eigenvalue weighted by atomic mass is 9.91. The van der Waals surface area contributed by atoms with Crippen LogP contribution in [0.3, 0.4) is 0 Å². The van der Waals surface area contributed by atoms with Gasteiger partial charge < -0.3 is 40.4 Å². The Morgan fingerprint density at radius 2 is 0.930 bits per heavy atom. The van der Waals surface area contributed by atoms with E-state index in [1.54, 1.807) is 49.1 Å². The summed E-state index contributed by atoms with van der Waals surface area (Å²) < 4.78 is 0. The standard InChI is InChI=1S/C25H36N4O2.C20H22N2O4/c1-6-28(7-2)22-12-10-20(24(30)14-22)17-26-16-19(5)27-18-21-11-13-23(15-25(21)31)29(8-3)9-4;23-15-7-5-13(19(25)9-15)11-21-17-3-1-2-4-18(17)22-12-14-6-8-16(24)10-20(14)26/h10-15,17-19,30-31H,6-9,16H2,1-5H3;5-12,17-18,23-26H,1-4H2/t;17-,18-/m.0/s1. The molecule has 0 radical (unpaired) electrons. The van der Waals surface area contributed by atoms with E-state index in [9.17, 15) is 30.6 Å². The third-order valence-corrected chi connectivity index (χ3v) is 9.89. The minimum absolute atomic E-state index is 0.00698. The molecule has 5 rings (SSSR count). The SMILES string of the molecule is CCN(CC)c1ccc(C=NCC(C)N=Cc2ccc(N(CC)CC)cc2O)c(O)c1.Oc1ccc(C=N[C@H]2CCCC[C@@H]2N=Cc2ccc(O)cc2O)c(O)c1. The van der Waals surface area contributed by atoms with Crippen molar-refractivity contribution >= 4 is 36.2 Å². The van der Waals surface area contributed by atoms with Crippen LogP contribution in [0.5, 0.6) is 34.5 Å². The average molecular weight is 779 g/mol. The number of anilines is 2. The van der Waals surface area contributed by atoms with E-state index in [0.29, 0.717) is 28.8 Å². The number of phenols is 6. The van der Waals surface area contributed by atoms with Crippen LogP contribution >= 0.6 is 0 Å². The molecule has 1 fully saturated rings. The highest BCUT2D eigenvalue weighted by molar-refractivity contribution is 5.86. The predicted molar refractivity (Wildman–Crippen MR) is 234 cm³/mol. The van der Waals surface area contributed by atoms with Gasteiger partial charge in [-0.15, -0.1) is 0 Å². The van der Waals surface area contributed by atoms with Crippen molar-refractivity contribution < 1.29 is 30.6 Å². The van der Waals surface area contributed by atoms with Gasteiger partial charge in [-0.2, -0.15) is 0 Å². The molecule has 0 saturated heterocycles. The summed E-state index contributed by atoms with van der Waals surface area (Å²) in [6.07, 6.45) is 10.6. The van der Waals surface area contributed by atoms with Crippen molar-refractivity contribution in [3.05, 3.63) is 95.1 Å². The van der Waals surface area contributed by atoms with Crippen molar-refractivity contribution in [3.63, 3.8) is 0 Å². The first-order valence-electron chi connectivity index (χ1n) is 19.7. The zero-order valence-electron chi connectivity index (χ0n) is 33.7. The summed E-state index contributed by atoms with van der Waals surface area (Å²) in [5.41, 5.74) is 4.49. The zero-order chi connectivity index (χ0) is 41.3. The summed E-state index contributed by atoms with van der Waals surface area (Å²) in [6, 6.07) is 20.1. The number of hydrogen-bond donors (Lipinski definition) is 6. The van der Waals surface area contributed by atoms with Gasteiger partial charge in [-0.1, -0.05) is 12.8 Å². The van der Waals surface area contributed by atoms with E-state index in [2.05, 4.69) is 57.5 Å². The van der Waals surface area contributed by atoms with Crippen molar-refractivity contribution in [2.45, 2.75) is 78.4 Å². The van der Waals surface area contributed by atoms with Crippen LogP contribution < -0.4 is 9.80 Å². The summed E-state index contributed by atoms with van der Waals surface area (Å²) in [5.74, 6) is 0.434. The highest BCUT2D eigenvalue weighted by atomic mass is 16.3. The molecule has 0 heterocycles. The summed E-state index contributed by atoms with van der Waals surface area (Å²) in [4.78, 5) is 22.5. The van der Waals surface area contributed by atoms with Crippen LogP contribution in [0.2, 0.25) is 0 Å². The molecule has 1 aliphatic carbocycles. The smallest absolute Gasteiger partial charge is 0.128 e. The number of nitrogens with zero attached hydrogens (tertiary/aromatic N) is 6. The summed E-state index contributed by atoms with van der Waals surface area (Å²) >= 11 is 0. The Labute approximate surface area is 336 Å². The number of aromatic hydroxyl groups is 6. The van der Waals surface area contributed by atoms with Crippen molar-refractivity contribution in [2.75, 3.05) is 42.5 Å². The minimum atomic E-state index is -0.0461. The van der Waals surface area contributed by atoms with E-state index in [-0.39, 0.29) is 52.6 Å². The summed E-state index contributed by atoms with van der Waals surface area (Å²) in [7, 11) is 0. The fraction of sp³-hybridized carbons (Fsp3) is 0.378. The molecule has 0 aromatic heterocycles. The molecular weight excluding hydrogens is 721 g/mol. The van der Waals surface area contributed by atoms with Crippen LogP contribution in [0.1, 0.15) is 82.6 Å². The molecule has 0 amide bonds. The van der Waals surface area contributed by atoms with Gasteiger partial charge in [-0.3, -0.25) is 20.0 Å². The van der Waals surface area contributed by atoms with Gasteiger partial charge in [0.25, 0.3) is 0 Å². The average Bonchev–Trinajstić information content (AvgIpc) is 3.19. The molecule has 12 nitrogen and oxygen atoms in total. The van der Waals surface area contributed by atoms with Crippen LogP contribution in [0.4, 0.5) is 11.4 Å². The molecule has 6 N–H and O–H groups in total. The number of hydrogen-bond acceptors (Lipinski definition) is 12. The second-order valence-electron chi connectivity index (χ2n) is 13.9. The Morgan fingerprint density at radius 3 is 1.33 bits per heavy atom. The van der Waals surface area contributed by atoms with E-state index in [1.807, 2.05) is 31.2 Å². The van der Waals surface area contributed by atoms with Gasteiger partial charge >= 0.3 is 0 Å². The van der Waals surface area contributed by atoms with Crippen LogP contribution in [0, 0.1) is 0 Å². The fourth-order valence-electron chi connectivity index (χ4n) is 6.49. The highest BCUT2D eigenvalue weighted by Gasteiger charge is 2.23. The van der Waals surface area contributed by atoms with Crippen LogP contribution in [0.25, 0.3) is 0 Å². The highest BCUT2D eigenvalue weighted by Crippen LogP contribution is 2.28. The predicted octanol–water partition coefficient (Wildman–Crippen LogP) is 8.07. The molecule has 1 unspecified atom stereocenters. The molecule has 304 valence electrons. The van der Waals surface area contributed by atoms with E-state index in [0.717, 1.165) is 63.2 Å². The number of phenolic OH excluding ortho intramolecular Hbond substituents is 6. The van der Waals surface area contributed by atoms with Gasteiger partial charge in [0, 0.05) is 109 Å². The Morgan fingerprint density at radius 1 is 0.544 bits per heavy atom. The van der Waals surface area contributed by atoms with Crippen molar-refractivity contribution in [3.8, 4) is 34.5 Å². The van der Waals surface area contributed by atoms with Gasteiger partial charge in [0.05, 0.1) is 24.7 Å². The summed E-state index contributed by atoms with van der Waals surface area (Å²) in [5, 5.41) is 59.0. The van der Waals surface area contributed by atoms with Crippen LogP contribution in [0.15, 0.2) is 92.8 Å². The van der Waals surface area contributed by atoms with Gasteiger partial charge in [0.1, 0.15) is 34.5 Å². The minimum Gasteiger partial charge on any atom is -0.508 e. The quantitative estimate of drug-likeness (QED) is 0.0657. The third kappa shape index (κ3) is 13.0. The van der Waals surface area contributed by atoms with E-state index in [1.165, 1.54) is 24.3 Å². The second kappa shape index (κ2) is 21.9. The Hall–Kier alpha value is -6.04. The normalized spacial score (nSPS) is 16.3. The van der Waals surface area contributed by atoms with Gasteiger partial charge in [-0.25, -0.2) is 0 Å². The lowest BCUT2D eigenvalue weighted by Crippen LogP contribution is -2.27. The fourth-order valence-corrected chi connectivity index (χ4v) is 6.49. The van der Waals surface area contributed by atoms with Crippen molar-refractivity contribution in [2.24, 2.45) is 20.0 Å². The van der Waals surface area contributed by atoms with Gasteiger partial charge in [0.15, 0.2) is 0 Å². The van der Waals surface area contributed by atoms with Gasteiger partial charge in [-0.05, 0) is 96.0 Å². The maximum atomic E-state index is 10.3. The second-order valence-corrected chi connectivity index (χ2v) is 13.9. The number of benzene rings is 4. The Balaban J connectivity index is 0.000000256. The molecule has 1 aliphatic rings. The topological polar surface area (TPSA) is 177 Å². The molecule has 4 aromatic carbocycles. The van der Waals surface area contributed by atoms with Crippen molar-refractivity contribution in [1.29, 1.82) is 0 Å². The molecule has 4 aromatic rings. The van der Waals surface area contributed by atoms with Crippen LogP contribution in [-0.4, -0.2) is 106 Å². The maximum absolute atomic E-state index is 10.3. The first-order valence-corrected chi connectivity index (χ1v) is 19.7. The molecule has 3 atom stereocenters. The third-order valence-electron chi connectivity index (χ3n) is 9.89. The molecule has 1 saturated carbocycles. The summed E-state index contributed by atoms with van der Waals surface area (Å²) in [6.45, 7) is 14.4. The maximum Gasteiger partial charge on any atom is 0.128 e. The molecule has 0 spiro atoms. The molecule has 0 aliphatic heterocycles. The van der Waals surface area contributed by atoms with E-state index in [4.69, 9.17) is 0 Å². The van der Waals surface area contributed by atoms with E-state index >= 15 is 0 Å². The lowest BCUT2D eigenvalue weighted by Gasteiger charge is -2.25. The monoisotopic (exact) mass is 778 g/mol. The zero-order valence-corrected chi connectivity index (χ0v) is 33.7. The first-order chi connectivity index (χ1) is 27.5. The Kier molecular flexibility index (Phi) is 16.8. The van der Waals surface area contributed by atoms with Crippen LogP contribution in [-0.2, 0) is 0 Å².